The largest absolute Gasteiger partial charge is 0.455 e. The summed E-state index contributed by atoms with van der Waals surface area (Å²) in [6, 6.07) is 47.5. The molecular weight excluding hydrogens is 486 g/mol. The van der Waals surface area contributed by atoms with E-state index in [0.29, 0.717) is 0 Å². The molecule has 0 amide bonds. The summed E-state index contributed by atoms with van der Waals surface area (Å²) in [6.07, 6.45) is 4.55. The maximum atomic E-state index is 6.69. The molecule has 0 N–H and O–H groups in total. The Bertz CT molecular complexity index is 2010. The molecule has 1 heterocycles. The maximum absolute atomic E-state index is 6.69. The standard InChI is InChI=1S/C38H27NO/c1-3-15-27(16-4-1)39(28-17-5-2-6-18-28)35-23-12-24-36-37(35)34-25-33(31-20-9-10-21-32(31)38(34)40-36)30-22-11-14-26-13-7-8-19-29(26)30/h1-10,12-13,15-25H,11,14H2. The number of allylic oxidation sites excluding steroid dienone is 1. The average Bonchev–Trinajstić information content (AvgIpc) is 3.41. The van der Waals surface area contributed by atoms with Crippen LogP contribution in [0.1, 0.15) is 23.1 Å². The molecule has 190 valence electrons. The highest BCUT2D eigenvalue weighted by atomic mass is 16.3. The van der Waals surface area contributed by atoms with Crippen LogP contribution in [0, 0.1) is 0 Å². The van der Waals surface area contributed by atoms with Gasteiger partial charge in [-0.15, -0.1) is 0 Å². The molecule has 8 rings (SSSR count). The minimum Gasteiger partial charge on any atom is -0.455 e. The molecule has 2 heteroatoms. The summed E-state index contributed by atoms with van der Waals surface area (Å²) < 4.78 is 6.69. The van der Waals surface area contributed by atoms with E-state index >= 15 is 0 Å². The van der Waals surface area contributed by atoms with Gasteiger partial charge in [-0.2, -0.15) is 0 Å². The molecule has 0 bridgehead atoms. The van der Waals surface area contributed by atoms with Gasteiger partial charge in [0.15, 0.2) is 0 Å². The minimum absolute atomic E-state index is 0.893. The summed E-state index contributed by atoms with van der Waals surface area (Å²) in [4.78, 5) is 2.33. The van der Waals surface area contributed by atoms with Gasteiger partial charge in [0.1, 0.15) is 11.2 Å². The molecular formula is C38H27NO. The van der Waals surface area contributed by atoms with Gasteiger partial charge >= 0.3 is 0 Å². The van der Waals surface area contributed by atoms with Crippen LogP contribution < -0.4 is 4.90 Å². The average molecular weight is 514 g/mol. The number of fused-ring (bicyclic) bond motifs is 6. The number of furan rings is 1. The first-order valence-electron chi connectivity index (χ1n) is 13.9. The lowest BCUT2D eigenvalue weighted by atomic mass is 9.84. The lowest BCUT2D eigenvalue weighted by Crippen LogP contribution is -2.10. The molecule has 0 saturated carbocycles. The molecule has 0 unspecified atom stereocenters. The molecule has 7 aromatic rings. The van der Waals surface area contributed by atoms with Crippen molar-refractivity contribution in [1.82, 2.24) is 0 Å². The molecule has 1 aliphatic carbocycles. The summed E-state index contributed by atoms with van der Waals surface area (Å²) in [7, 11) is 0. The van der Waals surface area contributed by atoms with E-state index in [2.05, 4.69) is 144 Å². The number of rotatable bonds is 4. The van der Waals surface area contributed by atoms with Crippen molar-refractivity contribution in [2.45, 2.75) is 12.8 Å². The smallest absolute Gasteiger partial charge is 0.143 e. The van der Waals surface area contributed by atoms with Crippen molar-refractivity contribution >= 4 is 55.3 Å². The number of benzene rings is 6. The van der Waals surface area contributed by atoms with Crippen LogP contribution in [0.5, 0.6) is 0 Å². The van der Waals surface area contributed by atoms with Crippen molar-refractivity contribution in [3.63, 3.8) is 0 Å². The highest BCUT2D eigenvalue weighted by molar-refractivity contribution is 6.22. The third-order valence-corrected chi connectivity index (χ3v) is 8.11. The van der Waals surface area contributed by atoms with Crippen molar-refractivity contribution in [3.05, 3.63) is 156 Å². The van der Waals surface area contributed by atoms with Crippen molar-refractivity contribution in [1.29, 1.82) is 0 Å². The van der Waals surface area contributed by atoms with Gasteiger partial charge in [-0.1, -0.05) is 97.1 Å². The Hall–Kier alpha value is -5.08. The van der Waals surface area contributed by atoms with Crippen molar-refractivity contribution in [2.24, 2.45) is 0 Å². The fourth-order valence-electron chi connectivity index (χ4n) is 6.36. The molecule has 40 heavy (non-hydrogen) atoms. The first kappa shape index (κ1) is 22.9. The number of aryl methyl sites for hydroxylation is 1. The number of nitrogens with zero attached hydrogens (tertiary/aromatic N) is 1. The fraction of sp³-hybridized carbons (Fsp3) is 0.0526. The number of hydrogen-bond donors (Lipinski definition) is 0. The normalized spacial score (nSPS) is 12.9. The number of hydrogen-bond acceptors (Lipinski definition) is 2. The molecule has 1 aliphatic rings. The summed E-state index contributed by atoms with van der Waals surface area (Å²) >= 11 is 0. The molecule has 1 aromatic heterocycles. The van der Waals surface area contributed by atoms with E-state index in [-0.39, 0.29) is 0 Å². The van der Waals surface area contributed by atoms with Crippen LogP contribution in [0.25, 0.3) is 38.3 Å². The van der Waals surface area contributed by atoms with E-state index in [0.717, 1.165) is 57.2 Å². The lowest BCUT2D eigenvalue weighted by molar-refractivity contribution is 0.672. The molecule has 0 atom stereocenters. The van der Waals surface area contributed by atoms with Crippen LogP contribution in [0.3, 0.4) is 0 Å². The Morgan fingerprint density at radius 2 is 1.23 bits per heavy atom. The van der Waals surface area contributed by atoms with Crippen molar-refractivity contribution in [2.75, 3.05) is 4.90 Å². The first-order chi connectivity index (χ1) is 19.9. The van der Waals surface area contributed by atoms with Gasteiger partial charge in [0, 0.05) is 22.1 Å². The topological polar surface area (TPSA) is 16.4 Å². The number of para-hydroxylation sites is 2. The quantitative estimate of drug-likeness (QED) is 0.233. The molecule has 0 spiro atoms. The second kappa shape index (κ2) is 9.29. The zero-order valence-corrected chi connectivity index (χ0v) is 22.0. The molecule has 6 aromatic carbocycles. The highest BCUT2D eigenvalue weighted by Gasteiger charge is 2.23. The molecule has 0 saturated heterocycles. The second-order valence-corrected chi connectivity index (χ2v) is 10.4. The Kier molecular flexibility index (Phi) is 5.31. The Morgan fingerprint density at radius 1 is 0.550 bits per heavy atom. The van der Waals surface area contributed by atoms with Crippen LogP contribution in [0.4, 0.5) is 17.1 Å². The third kappa shape index (κ3) is 3.57. The summed E-state index contributed by atoms with van der Waals surface area (Å²) in [6.45, 7) is 0. The summed E-state index contributed by atoms with van der Waals surface area (Å²) in [5, 5.41) is 4.63. The van der Waals surface area contributed by atoms with E-state index in [9.17, 15) is 0 Å². The van der Waals surface area contributed by atoms with Gasteiger partial charge in [0.25, 0.3) is 0 Å². The minimum atomic E-state index is 0.893. The van der Waals surface area contributed by atoms with Crippen LogP contribution in [-0.2, 0) is 6.42 Å². The highest BCUT2D eigenvalue weighted by Crippen LogP contribution is 2.46. The lowest BCUT2D eigenvalue weighted by Gasteiger charge is -2.26. The Morgan fingerprint density at radius 3 is 2.00 bits per heavy atom. The predicted octanol–water partition coefficient (Wildman–Crippen LogP) is 10.6. The van der Waals surface area contributed by atoms with Crippen LogP contribution in [0.15, 0.2) is 144 Å². The first-order valence-corrected chi connectivity index (χ1v) is 13.9. The van der Waals surface area contributed by atoms with Gasteiger partial charge in [-0.25, -0.2) is 0 Å². The van der Waals surface area contributed by atoms with E-state index < -0.39 is 0 Å². The fourth-order valence-corrected chi connectivity index (χ4v) is 6.36. The number of anilines is 3. The molecule has 2 nitrogen and oxygen atoms in total. The second-order valence-electron chi connectivity index (χ2n) is 10.4. The Balaban J connectivity index is 1.46. The zero-order valence-electron chi connectivity index (χ0n) is 22.0. The van der Waals surface area contributed by atoms with E-state index in [1.165, 1.54) is 27.6 Å². The van der Waals surface area contributed by atoms with Gasteiger partial charge in [-0.05, 0) is 83.0 Å². The third-order valence-electron chi connectivity index (χ3n) is 8.11. The van der Waals surface area contributed by atoms with Crippen LogP contribution >= 0.6 is 0 Å². The van der Waals surface area contributed by atoms with Crippen molar-refractivity contribution < 1.29 is 4.42 Å². The van der Waals surface area contributed by atoms with Crippen LogP contribution in [0.2, 0.25) is 0 Å². The monoisotopic (exact) mass is 513 g/mol. The van der Waals surface area contributed by atoms with Crippen molar-refractivity contribution in [3.8, 4) is 0 Å². The molecule has 0 radical (unpaired) electrons. The van der Waals surface area contributed by atoms with Gasteiger partial charge in [0.05, 0.1) is 11.1 Å². The molecule has 0 aliphatic heterocycles. The van der Waals surface area contributed by atoms with E-state index in [4.69, 9.17) is 4.42 Å². The SMILES string of the molecule is C1=C(c2cc3c(oc4cccc(N(c5ccccc5)c5ccccc5)c43)c3ccccc23)c2ccccc2CC1. The van der Waals surface area contributed by atoms with E-state index in [1.54, 1.807) is 0 Å². The van der Waals surface area contributed by atoms with E-state index in [1.807, 2.05) is 0 Å². The summed E-state index contributed by atoms with van der Waals surface area (Å²) in [5.41, 5.74) is 10.5. The van der Waals surface area contributed by atoms with Gasteiger partial charge in [0.2, 0.25) is 0 Å². The molecule has 0 fully saturated rings. The predicted molar refractivity (Wildman–Crippen MR) is 168 cm³/mol. The zero-order chi connectivity index (χ0) is 26.5. The van der Waals surface area contributed by atoms with Crippen LogP contribution in [-0.4, -0.2) is 0 Å². The van der Waals surface area contributed by atoms with Gasteiger partial charge < -0.3 is 9.32 Å². The Labute approximate surface area is 233 Å². The van der Waals surface area contributed by atoms with Gasteiger partial charge in [-0.3, -0.25) is 0 Å². The summed E-state index contributed by atoms with van der Waals surface area (Å²) in [5.74, 6) is 0. The maximum Gasteiger partial charge on any atom is 0.143 e.